The van der Waals surface area contributed by atoms with Crippen molar-refractivity contribution in [2.45, 2.75) is 26.2 Å². The van der Waals surface area contributed by atoms with Gasteiger partial charge in [-0.15, -0.1) is 0 Å². The third-order valence-electron chi connectivity index (χ3n) is 10.1. The summed E-state index contributed by atoms with van der Waals surface area (Å²) < 4.78 is 6.84. The van der Waals surface area contributed by atoms with Crippen LogP contribution < -0.4 is 14.5 Å². The van der Waals surface area contributed by atoms with Crippen LogP contribution in [-0.2, 0) is 5.41 Å². The minimum Gasteiger partial charge on any atom is -0.452 e. The smallest absolute Gasteiger partial charge is 0.159 e. The van der Waals surface area contributed by atoms with Crippen molar-refractivity contribution in [1.29, 1.82) is 0 Å². The molecule has 2 heterocycles. The molecule has 0 spiro atoms. The summed E-state index contributed by atoms with van der Waals surface area (Å²) >= 11 is 0. The molecular formula is C46H36N2O. The number of ether oxygens (including phenoxy) is 1. The highest BCUT2D eigenvalue weighted by Gasteiger charge is 2.43. The van der Waals surface area contributed by atoms with Crippen molar-refractivity contribution in [2.24, 2.45) is 0 Å². The molecule has 9 rings (SSSR count). The molecule has 0 bridgehead atoms. The predicted octanol–water partition coefficient (Wildman–Crippen LogP) is 13.0. The van der Waals surface area contributed by atoms with Gasteiger partial charge in [0.1, 0.15) is 0 Å². The molecule has 49 heavy (non-hydrogen) atoms. The SMILES string of the molecule is Cc1cccc2c1N1c3ccc(-c4ccc(N(c5ccccc5)c5ccccc5)cc4)cc3C(C)(C)c3ccc(-c4ccccc4)c(c31)O2. The van der Waals surface area contributed by atoms with Gasteiger partial charge in [-0.3, -0.25) is 0 Å². The fraction of sp³-hybridized carbons (Fsp3) is 0.0870. The first-order valence-electron chi connectivity index (χ1n) is 16.9. The molecule has 2 aliphatic rings. The summed E-state index contributed by atoms with van der Waals surface area (Å²) in [5, 5.41) is 0. The van der Waals surface area contributed by atoms with Gasteiger partial charge in [-0.1, -0.05) is 123 Å². The van der Waals surface area contributed by atoms with Crippen LogP contribution in [0.15, 0.2) is 164 Å². The Balaban J connectivity index is 1.17. The summed E-state index contributed by atoms with van der Waals surface area (Å²) in [5.41, 5.74) is 15.0. The molecule has 2 aliphatic heterocycles. The maximum Gasteiger partial charge on any atom is 0.159 e. The van der Waals surface area contributed by atoms with Gasteiger partial charge in [-0.2, -0.15) is 0 Å². The van der Waals surface area contributed by atoms with Crippen LogP contribution >= 0.6 is 0 Å². The van der Waals surface area contributed by atoms with Crippen LogP contribution in [0.25, 0.3) is 22.3 Å². The normalized spacial score (nSPS) is 13.5. The Morgan fingerprint density at radius 3 is 1.80 bits per heavy atom. The second-order valence-electron chi connectivity index (χ2n) is 13.5. The summed E-state index contributed by atoms with van der Waals surface area (Å²) in [6, 6.07) is 58.5. The van der Waals surface area contributed by atoms with Crippen molar-refractivity contribution in [3.63, 3.8) is 0 Å². The zero-order valence-electron chi connectivity index (χ0n) is 27.9. The number of hydrogen-bond acceptors (Lipinski definition) is 3. The molecule has 0 atom stereocenters. The van der Waals surface area contributed by atoms with Crippen LogP contribution in [0.5, 0.6) is 11.5 Å². The van der Waals surface area contributed by atoms with E-state index in [1.54, 1.807) is 0 Å². The molecular weight excluding hydrogens is 597 g/mol. The lowest BCUT2D eigenvalue weighted by Crippen LogP contribution is -2.33. The molecule has 0 N–H and O–H groups in total. The van der Waals surface area contributed by atoms with Crippen LogP contribution in [0.2, 0.25) is 0 Å². The summed E-state index contributed by atoms with van der Waals surface area (Å²) in [7, 11) is 0. The van der Waals surface area contributed by atoms with Gasteiger partial charge in [0.05, 0.1) is 17.1 Å². The van der Waals surface area contributed by atoms with E-state index in [-0.39, 0.29) is 5.41 Å². The van der Waals surface area contributed by atoms with E-state index in [1.165, 1.54) is 33.5 Å². The zero-order valence-corrected chi connectivity index (χ0v) is 27.9. The van der Waals surface area contributed by atoms with Gasteiger partial charge < -0.3 is 14.5 Å². The van der Waals surface area contributed by atoms with Gasteiger partial charge in [0, 0.05) is 28.0 Å². The Kier molecular flexibility index (Phi) is 6.70. The molecule has 0 aromatic heterocycles. The first-order chi connectivity index (χ1) is 24.0. The average molecular weight is 633 g/mol. The zero-order chi connectivity index (χ0) is 33.1. The van der Waals surface area contributed by atoms with Crippen LogP contribution in [0.3, 0.4) is 0 Å². The number of para-hydroxylation sites is 3. The fourth-order valence-electron chi connectivity index (χ4n) is 7.67. The van der Waals surface area contributed by atoms with E-state index in [2.05, 4.69) is 194 Å². The lowest BCUT2D eigenvalue weighted by molar-refractivity contribution is 0.472. The molecule has 0 amide bonds. The van der Waals surface area contributed by atoms with E-state index in [4.69, 9.17) is 4.74 Å². The van der Waals surface area contributed by atoms with Crippen LogP contribution in [0.1, 0.15) is 30.5 Å². The van der Waals surface area contributed by atoms with Gasteiger partial charge in [0.15, 0.2) is 11.5 Å². The third-order valence-corrected chi connectivity index (χ3v) is 10.1. The summed E-state index contributed by atoms with van der Waals surface area (Å²) in [6.07, 6.45) is 0. The van der Waals surface area contributed by atoms with Gasteiger partial charge >= 0.3 is 0 Å². The molecule has 236 valence electrons. The Morgan fingerprint density at radius 2 is 1.12 bits per heavy atom. The van der Waals surface area contributed by atoms with Gasteiger partial charge in [-0.25, -0.2) is 0 Å². The highest BCUT2D eigenvalue weighted by molar-refractivity contribution is 5.98. The third kappa shape index (κ3) is 4.65. The van der Waals surface area contributed by atoms with E-state index in [9.17, 15) is 0 Å². The lowest BCUT2D eigenvalue weighted by atomic mass is 9.72. The van der Waals surface area contributed by atoms with E-state index >= 15 is 0 Å². The van der Waals surface area contributed by atoms with Crippen LogP contribution in [-0.4, -0.2) is 0 Å². The largest absolute Gasteiger partial charge is 0.452 e. The van der Waals surface area contributed by atoms with Crippen molar-refractivity contribution in [1.82, 2.24) is 0 Å². The lowest BCUT2D eigenvalue weighted by Gasteiger charge is -2.46. The predicted molar refractivity (Wildman–Crippen MR) is 204 cm³/mol. The highest BCUT2D eigenvalue weighted by Crippen LogP contribution is 2.62. The first kappa shape index (κ1) is 29.1. The topological polar surface area (TPSA) is 15.7 Å². The minimum atomic E-state index is -0.262. The molecule has 0 radical (unpaired) electrons. The fourth-order valence-corrected chi connectivity index (χ4v) is 7.67. The molecule has 3 nitrogen and oxygen atoms in total. The number of rotatable bonds is 5. The Bertz CT molecular complexity index is 2290. The second-order valence-corrected chi connectivity index (χ2v) is 13.5. The Hall–Kier alpha value is -6.06. The number of hydrogen-bond donors (Lipinski definition) is 0. The first-order valence-corrected chi connectivity index (χ1v) is 16.9. The van der Waals surface area contributed by atoms with E-state index in [0.29, 0.717) is 0 Å². The summed E-state index contributed by atoms with van der Waals surface area (Å²) in [5.74, 6) is 1.80. The molecule has 7 aromatic rings. The molecule has 3 heteroatoms. The number of anilines is 6. The molecule has 7 aromatic carbocycles. The number of fused-ring (bicyclic) bond motifs is 4. The van der Waals surface area contributed by atoms with Crippen molar-refractivity contribution in [2.75, 3.05) is 9.80 Å². The summed E-state index contributed by atoms with van der Waals surface area (Å²) in [4.78, 5) is 4.76. The summed E-state index contributed by atoms with van der Waals surface area (Å²) in [6.45, 7) is 6.87. The number of aryl methyl sites for hydroxylation is 1. The molecule has 0 saturated heterocycles. The van der Waals surface area contributed by atoms with Gasteiger partial charge in [0.2, 0.25) is 0 Å². The maximum absolute atomic E-state index is 6.84. The van der Waals surface area contributed by atoms with Crippen molar-refractivity contribution in [3.05, 3.63) is 180 Å². The van der Waals surface area contributed by atoms with Crippen LogP contribution in [0, 0.1) is 6.92 Å². The van der Waals surface area contributed by atoms with E-state index < -0.39 is 0 Å². The van der Waals surface area contributed by atoms with E-state index in [1.807, 2.05) is 0 Å². The van der Waals surface area contributed by atoms with Crippen LogP contribution in [0.4, 0.5) is 34.1 Å². The number of nitrogens with zero attached hydrogens (tertiary/aromatic N) is 2. The number of benzene rings is 7. The average Bonchev–Trinajstić information content (AvgIpc) is 3.15. The van der Waals surface area contributed by atoms with E-state index in [0.717, 1.165) is 51.1 Å². The standard InChI is InChI=1S/C46H36N2O/c1-31-14-13-21-42-43(31)48-41-29-24-34(32-22-25-37(26-23-32)47(35-17-9-5-10-18-35)36-19-11-6-12-20-36)30-40(41)46(2,3)39-28-27-38(45(49-42)44(39)48)33-15-7-4-8-16-33/h4-30H,1-3H3. The van der Waals surface area contributed by atoms with Gasteiger partial charge in [-0.05, 0) is 94.9 Å². The second kappa shape index (κ2) is 11.3. The molecule has 0 fully saturated rings. The Morgan fingerprint density at radius 1 is 0.510 bits per heavy atom. The van der Waals surface area contributed by atoms with Gasteiger partial charge in [0.25, 0.3) is 0 Å². The highest BCUT2D eigenvalue weighted by atomic mass is 16.5. The Labute approximate surface area is 288 Å². The van der Waals surface area contributed by atoms with Crippen molar-refractivity contribution >= 4 is 34.1 Å². The minimum absolute atomic E-state index is 0.262. The van der Waals surface area contributed by atoms with Crippen molar-refractivity contribution < 1.29 is 4.74 Å². The molecule has 0 aliphatic carbocycles. The molecule has 0 saturated carbocycles. The monoisotopic (exact) mass is 632 g/mol. The maximum atomic E-state index is 6.84. The quantitative estimate of drug-likeness (QED) is 0.188. The van der Waals surface area contributed by atoms with Crippen molar-refractivity contribution in [3.8, 4) is 33.8 Å². The molecule has 0 unspecified atom stereocenters.